The van der Waals surface area contributed by atoms with Gasteiger partial charge in [0.15, 0.2) is 23.0 Å². The molecule has 10 aromatic carbocycles. The summed E-state index contributed by atoms with van der Waals surface area (Å²) in [5.74, 6) is 2.77. The van der Waals surface area contributed by atoms with E-state index in [1.165, 1.54) is 44.5 Å². The molecule has 0 fully saturated rings. The van der Waals surface area contributed by atoms with Gasteiger partial charge < -0.3 is 14.4 Å². The molecule has 1 aliphatic heterocycles. The fourth-order valence-corrected chi connectivity index (χ4v) is 10.6. The van der Waals surface area contributed by atoms with E-state index in [-0.39, 0.29) is 0 Å². The zero-order valence-electron chi connectivity index (χ0n) is 34.8. The summed E-state index contributed by atoms with van der Waals surface area (Å²) in [6, 6.07) is 84.7. The van der Waals surface area contributed by atoms with E-state index in [0.717, 1.165) is 56.2 Å². The molecule has 0 bridgehead atoms. The Bertz CT molecular complexity index is 3380. The summed E-state index contributed by atoms with van der Waals surface area (Å²) >= 11 is 0. The van der Waals surface area contributed by atoms with Gasteiger partial charge in [-0.1, -0.05) is 194 Å². The summed E-state index contributed by atoms with van der Waals surface area (Å²) in [4.78, 5) is 2.30. The van der Waals surface area contributed by atoms with E-state index in [2.05, 4.69) is 235 Å². The van der Waals surface area contributed by atoms with Gasteiger partial charge in [-0.05, 0) is 115 Å². The predicted octanol–water partition coefficient (Wildman–Crippen LogP) is 16.4. The lowest BCUT2D eigenvalue weighted by Crippen LogP contribution is -2.25. The van der Waals surface area contributed by atoms with Gasteiger partial charge in [0.2, 0.25) is 0 Å². The van der Waals surface area contributed by atoms with E-state index >= 15 is 0 Å². The number of nitrogens with zero attached hydrogens (tertiary/aromatic N) is 1. The van der Waals surface area contributed by atoms with Crippen LogP contribution in [0.2, 0.25) is 0 Å². The van der Waals surface area contributed by atoms with Crippen LogP contribution in [0.5, 0.6) is 23.0 Å². The van der Waals surface area contributed by atoms with Crippen molar-refractivity contribution in [2.24, 2.45) is 0 Å². The van der Waals surface area contributed by atoms with Crippen LogP contribution >= 0.6 is 0 Å². The van der Waals surface area contributed by atoms with Crippen LogP contribution in [0.3, 0.4) is 0 Å². The molecule has 3 aliphatic rings. The normalized spacial score (nSPS) is 13.1. The number of para-hydroxylation sites is 1. The largest absolute Gasteiger partial charge is 0.449 e. The molecule has 300 valence electrons. The first-order chi connectivity index (χ1) is 31.7. The summed E-state index contributed by atoms with van der Waals surface area (Å²) in [5.41, 5.74) is 19.2. The minimum absolute atomic E-state index is 0.495. The number of ether oxygens (including phenoxy) is 2. The number of benzene rings is 10. The molecule has 13 rings (SSSR count). The van der Waals surface area contributed by atoms with Crippen molar-refractivity contribution >= 4 is 17.1 Å². The third-order valence-corrected chi connectivity index (χ3v) is 13.4. The first-order valence-electron chi connectivity index (χ1n) is 21.9. The number of rotatable bonds is 6. The smallest absolute Gasteiger partial charge is 0.194 e. The highest BCUT2D eigenvalue weighted by molar-refractivity contribution is 5.98. The van der Waals surface area contributed by atoms with Crippen LogP contribution in [0.25, 0.3) is 55.6 Å². The van der Waals surface area contributed by atoms with Gasteiger partial charge in [-0.2, -0.15) is 0 Å². The molecule has 64 heavy (non-hydrogen) atoms. The van der Waals surface area contributed by atoms with E-state index in [1.807, 2.05) is 6.07 Å². The summed E-state index contributed by atoms with van der Waals surface area (Å²) in [7, 11) is 0. The minimum atomic E-state index is -0.495. The molecule has 0 aromatic heterocycles. The van der Waals surface area contributed by atoms with Gasteiger partial charge in [-0.3, -0.25) is 0 Å². The third kappa shape index (κ3) is 5.41. The molecule has 0 N–H and O–H groups in total. The zero-order valence-corrected chi connectivity index (χ0v) is 34.8. The maximum absolute atomic E-state index is 7.40. The Labute approximate surface area is 372 Å². The maximum atomic E-state index is 7.40. The number of hydrogen-bond donors (Lipinski definition) is 0. The molecule has 1 heterocycles. The summed E-state index contributed by atoms with van der Waals surface area (Å²) < 4.78 is 14.3. The second-order valence-corrected chi connectivity index (χ2v) is 16.8. The van der Waals surface area contributed by atoms with Crippen molar-refractivity contribution in [1.82, 2.24) is 0 Å². The molecule has 10 aromatic rings. The summed E-state index contributed by atoms with van der Waals surface area (Å²) in [5, 5.41) is 0. The lowest BCUT2D eigenvalue weighted by molar-refractivity contribution is 0.361. The molecule has 0 saturated carbocycles. The van der Waals surface area contributed by atoms with Gasteiger partial charge in [-0.25, -0.2) is 0 Å². The molecule has 3 nitrogen and oxygen atoms in total. The second-order valence-electron chi connectivity index (χ2n) is 16.8. The molecule has 1 spiro atoms. The van der Waals surface area contributed by atoms with E-state index in [9.17, 15) is 0 Å². The highest BCUT2D eigenvalue weighted by Crippen LogP contribution is 2.67. The van der Waals surface area contributed by atoms with Gasteiger partial charge in [0.05, 0.1) is 11.1 Å². The highest BCUT2D eigenvalue weighted by atomic mass is 16.6. The molecule has 3 heteroatoms. The van der Waals surface area contributed by atoms with Crippen LogP contribution in [-0.2, 0) is 5.41 Å². The Hall–Kier alpha value is -8.40. The van der Waals surface area contributed by atoms with Gasteiger partial charge in [0.1, 0.15) is 0 Å². The van der Waals surface area contributed by atoms with Crippen LogP contribution < -0.4 is 14.4 Å². The van der Waals surface area contributed by atoms with E-state index in [0.29, 0.717) is 17.2 Å². The SMILES string of the molecule is c1ccc(-c2ccc(-c3ccc(N(c4cccc(-c5ccccc5)c4)c4cccc5c4Oc4c(ccc6c4-c4ccccc4C64c6ccccc6-c6ccccc64)O5)cc3)cc2)cc1. The average Bonchev–Trinajstić information content (AvgIpc) is 3.85. The quantitative estimate of drug-likeness (QED) is 0.167. The Morgan fingerprint density at radius 2 is 0.781 bits per heavy atom. The molecule has 0 saturated heterocycles. The first kappa shape index (κ1) is 36.3. The van der Waals surface area contributed by atoms with Crippen molar-refractivity contribution in [2.45, 2.75) is 5.41 Å². The fourth-order valence-electron chi connectivity index (χ4n) is 10.6. The molecule has 2 aliphatic carbocycles. The highest BCUT2D eigenvalue weighted by Gasteiger charge is 2.53. The van der Waals surface area contributed by atoms with Crippen molar-refractivity contribution in [3.05, 3.63) is 259 Å². The Morgan fingerprint density at radius 3 is 1.42 bits per heavy atom. The lowest BCUT2D eigenvalue weighted by atomic mass is 9.70. The third-order valence-electron chi connectivity index (χ3n) is 13.4. The molecule has 0 atom stereocenters. The molecular formula is C61H39NO2. The molecule has 0 radical (unpaired) electrons. The van der Waals surface area contributed by atoms with Gasteiger partial charge >= 0.3 is 0 Å². The maximum Gasteiger partial charge on any atom is 0.194 e. The van der Waals surface area contributed by atoms with Crippen molar-refractivity contribution in [2.75, 3.05) is 4.90 Å². The molecule has 0 amide bonds. The number of fused-ring (bicyclic) bond motifs is 13. The van der Waals surface area contributed by atoms with E-state index in [4.69, 9.17) is 9.47 Å². The van der Waals surface area contributed by atoms with Crippen LogP contribution in [0.15, 0.2) is 237 Å². The van der Waals surface area contributed by atoms with Crippen LogP contribution in [0, 0.1) is 0 Å². The number of anilines is 3. The van der Waals surface area contributed by atoms with Crippen molar-refractivity contribution in [3.63, 3.8) is 0 Å². The minimum Gasteiger partial charge on any atom is -0.449 e. The van der Waals surface area contributed by atoms with Gasteiger partial charge in [-0.15, -0.1) is 0 Å². The lowest BCUT2D eigenvalue weighted by Gasteiger charge is -2.32. The van der Waals surface area contributed by atoms with Crippen LogP contribution in [-0.4, -0.2) is 0 Å². The van der Waals surface area contributed by atoms with Crippen LogP contribution in [0.4, 0.5) is 17.1 Å². The predicted molar refractivity (Wildman–Crippen MR) is 260 cm³/mol. The Morgan fingerprint density at radius 1 is 0.297 bits per heavy atom. The van der Waals surface area contributed by atoms with Crippen molar-refractivity contribution in [3.8, 4) is 78.6 Å². The summed E-state index contributed by atoms with van der Waals surface area (Å²) in [6.45, 7) is 0. The molecular weight excluding hydrogens is 779 g/mol. The van der Waals surface area contributed by atoms with Crippen molar-refractivity contribution < 1.29 is 9.47 Å². The van der Waals surface area contributed by atoms with E-state index < -0.39 is 5.41 Å². The Balaban J connectivity index is 0.959. The average molecular weight is 818 g/mol. The van der Waals surface area contributed by atoms with Crippen molar-refractivity contribution in [1.29, 1.82) is 0 Å². The topological polar surface area (TPSA) is 21.7 Å². The first-order valence-corrected chi connectivity index (χ1v) is 21.9. The zero-order chi connectivity index (χ0) is 42.2. The monoisotopic (exact) mass is 817 g/mol. The Kier molecular flexibility index (Phi) is 8.13. The second kappa shape index (κ2) is 14.3. The standard InChI is InChI=1S/C61H39NO2/c1-3-15-40(16-4-1)42-29-31-43(32-30-42)44-33-35-46(36-34-44)62(47-20-13-19-45(39-47)41-17-5-2-6-18-41)55-27-14-28-56-59(55)64-60-57(63-56)38-37-54-58(60)50-23-9-12-26-53(50)61(54)51-24-10-7-21-48(51)49-22-8-11-25-52(49)61/h1-39H. The van der Waals surface area contributed by atoms with Gasteiger partial charge in [0.25, 0.3) is 0 Å². The van der Waals surface area contributed by atoms with Crippen LogP contribution in [0.1, 0.15) is 22.3 Å². The number of hydrogen-bond acceptors (Lipinski definition) is 3. The van der Waals surface area contributed by atoms with Gasteiger partial charge in [0, 0.05) is 16.9 Å². The summed E-state index contributed by atoms with van der Waals surface area (Å²) in [6.07, 6.45) is 0. The van der Waals surface area contributed by atoms with E-state index in [1.54, 1.807) is 0 Å². The fraction of sp³-hybridized carbons (Fsp3) is 0.0164. The molecule has 0 unspecified atom stereocenters.